The van der Waals surface area contributed by atoms with Crippen molar-refractivity contribution in [2.24, 2.45) is 39.5 Å². The van der Waals surface area contributed by atoms with Crippen molar-refractivity contribution in [3.05, 3.63) is 11.6 Å². The highest BCUT2D eigenvalue weighted by Gasteiger charge is 2.59. The number of aliphatic imine (C=N–C) groups is 1. The Hall–Kier alpha value is -0.960. The molecule has 0 aromatic carbocycles. The van der Waals surface area contributed by atoms with Gasteiger partial charge >= 0.3 is 0 Å². The van der Waals surface area contributed by atoms with Crippen LogP contribution in [0.3, 0.4) is 0 Å². The van der Waals surface area contributed by atoms with E-state index in [2.05, 4.69) is 39.5 Å². The zero-order valence-electron chi connectivity index (χ0n) is 20.2. The molecular formula is C27H44N2O. The first-order valence-electron chi connectivity index (χ1n) is 12.8. The lowest BCUT2D eigenvalue weighted by Crippen LogP contribution is -2.51. The van der Waals surface area contributed by atoms with Crippen LogP contribution in [0.5, 0.6) is 0 Å². The van der Waals surface area contributed by atoms with Crippen molar-refractivity contribution in [1.82, 2.24) is 4.90 Å². The van der Waals surface area contributed by atoms with Crippen LogP contribution in [0.15, 0.2) is 16.6 Å². The van der Waals surface area contributed by atoms with E-state index in [1.165, 1.54) is 43.4 Å². The molecule has 0 radical (unpaired) electrons. The number of rotatable bonds is 6. The van der Waals surface area contributed by atoms with Crippen molar-refractivity contribution in [3.63, 3.8) is 0 Å². The van der Waals surface area contributed by atoms with Crippen LogP contribution in [0.2, 0.25) is 0 Å². The Morgan fingerprint density at radius 3 is 2.57 bits per heavy atom. The summed E-state index contributed by atoms with van der Waals surface area (Å²) in [6.45, 7) is 16.2. The van der Waals surface area contributed by atoms with E-state index in [1.54, 1.807) is 0 Å². The summed E-state index contributed by atoms with van der Waals surface area (Å²) >= 11 is 0. The summed E-state index contributed by atoms with van der Waals surface area (Å²) in [7, 11) is 0. The lowest BCUT2D eigenvalue weighted by molar-refractivity contribution is -0.117. The Morgan fingerprint density at radius 1 is 1.07 bits per heavy atom. The molecule has 0 spiro atoms. The first-order valence-corrected chi connectivity index (χ1v) is 12.8. The van der Waals surface area contributed by atoms with Crippen molar-refractivity contribution < 1.29 is 4.79 Å². The summed E-state index contributed by atoms with van der Waals surface area (Å²) in [4.78, 5) is 19.6. The second-order valence-electron chi connectivity index (χ2n) is 11.2. The van der Waals surface area contributed by atoms with Gasteiger partial charge in [-0.2, -0.15) is 0 Å². The molecule has 0 bridgehead atoms. The van der Waals surface area contributed by atoms with Crippen molar-refractivity contribution >= 4 is 11.5 Å². The van der Waals surface area contributed by atoms with E-state index in [4.69, 9.17) is 4.99 Å². The highest BCUT2D eigenvalue weighted by molar-refractivity contribution is 5.91. The molecule has 0 aliphatic heterocycles. The molecule has 0 aromatic rings. The van der Waals surface area contributed by atoms with E-state index in [-0.39, 0.29) is 0 Å². The van der Waals surface area contributed by atoms with E-state index in [0.29, 0.717) is 22.5 Å². The first kappa shape index (κ1) is 22.2. The largest absolute Gasteiger partial charge is 0.302 e. The Morgan fingerprint density at radius 2 is 1.83 bits per heavy atom. The van der Waals surface area contributed by atoms with Crippen molar-refractivity contribution in [1.29, 1.82) is 0 Å². The van der Waals surface area contributed by atoms with Gasteiger partial charge in [0.25, 0.3) is 0 Å². The number of nitrogens with zero attached hydrogens (tertiary/aromatic N) is 2. The fourth-order valence-electron chi connectivity index (χ4n) is 8.26. The molecule has 3 heteroatoms. The normalized spacial score (nSPS) is 41.3. The van der Waals surface area contributed by atoms with Crippen LogP contribution in [0.1, 0.15) is 86.0 Å². The number of carbonyl (C=O) groups excluding carboxylic acids is 1. The van der Waals surface area contributed by atoms with Crippen molar-refractivity contribution in [3.8, 4) is 0 Å². The topological polar surface area (TPSA) is 32.7 Å². The van der Waals surface area contributed by atoms with Gasteiger partial charge in [0, 0.05) is 24.6 Å². The SMILES string of the molecule is CCN(CC)CC/N=C(/C)[C@H]1CC[C@H]2[C@@H]3CCC4=CC(=O)CC[C@]4(C)[C@H]3CC[C@]12C. The van der Waals surface area contributed by atoms with Gasteiger partial charge in [-0.15, -0.1) is 0 Å². The maximum atomic E-state index is 12.0. The van der Waals surface area contributed by atoms with Gasteiger partial charge in [-0.25, -0.2) is 0 Å². The molecular weight excluding hydrogens is 368 g/mol. The third-order valence-electron chi connectivity index (χ3n) is 10.1. The van der Waals surface area contributed by atoms with Gasteiger partial charge in [0.15, 0.2) is 5.78 Å². The fraction of sp³-hybridized carbons (Fsp3) is 0.852. The minimum atomic E-state index is 0.295. The van der Waals surface area contributed by atoms with Crippen molar-refractivity contribution in [2.75, 3.05) is 26.2 Å². The summed E-state index contributed by atoms with van der Waals surface area (Å²) in [5.41, 5.74) is 3.65. The average Bonchev–Trinajstić information content (AvgIpc) is 3.09. The van der Waals surface area contributed by atoms with Crippen LogP contribution in [0, 0.1) is 34.5 Å². The number of fused-ring (bicyclic) bond motifs is 5. The van der Waals surface area contributed by atoms with Gasteiger partial charge < -0.3 is 4.90 Å². The van der Waals surface area contributed by atoms with E-state index < -0.39 is 0 Å². The minimum Gasteiger partial charge on any atom is -0.302 e. The van der Waals surface area contributed by atoms with Gasteiger partial charge in [0.1, 0.15) is 0 Å². The Bertz CT molecular complexity index is 720. The lowest BCUT2D eigenvalue weighted by atomic mass is 9.46. The van der Waals surface area contributed by atoms with Crippen LogP contribution >= 0.6 is 0 Å². The third-order valence-corrected chi connectivity index (χ3v) is 10.1. The molecule has 4 aliphatic rings. The molecule has 3 nitrogen and oxygen atoms in total. The van der Waals surface area contributed by atoms with E-state index in [1.807, 2.05) is 6.08 Å². The van der Waals surface area contributed by atoms with E-state index in [0.717, 1.165) is 63.2 Å². The van der Waals surface area contributed by atoms with Crippen LogP contribution in [-0.2, 0) is 4.79 Å². The van der Waals surface area contributed by atoms with Gasteiger partial charge in [-0.3, -0.25) is 9.79 Å². The molecule has 4 rings (SSSR count). The third kappa shape index (κ3) is 3.63. The van der Waals surface area contributed by atoms with Gasteiger partial charge in [0.05, 0.1) is 6.54 Å². The monoisotopic (exact) mass is 412 g/mol. The highest BCUT2D eigenvalue weighted by atomic mass is 16.1. The molecule has 0 saturated heterocycles. The van der Waals surface area contributed by atoms with Crippen LogP contribution in [-0.4, -0.2) is 42.6 Å². The number of hydrogen-bond acceptors (Lipinski definition) is 3. The molecule has 3 fully saturated rings. The molecule has 0 amide bonds. The Kier molecular flexibility index (Phi) is 6.32. The molecule has 0 aromatic heterocycles. The highest BCUT2D eigenvalue weighted by Crippen LogP contribution is 2.66. The summed E-state index contributed by atoms with van der Waals surface area (Å²) in [6.07, 6.45) is 11.8. The maximum Gasteiger partial charge on any atom is 0.155 e. The Balaban J connectivity index is 1.49. The number of allylic oxidation sites excluding steroid dienone is 1. The molecule has 30 heavy (non-hydrogen) atoms. The predicted molar refractivity (Wildman–Crippen MR) is 126 cm³/mol. The molecule has 0 heterocycles. The van der Waals surface area contributed by atoms with E-state index >= 15 is 0 Å². The molecule has 168 valence electrons. The number of hydrogen-bond donors (Lipinski definition) is 0. The van der Waals surface area contributed by atoms with Crippen LogP contribution in [0.4, 0.5) is 0 Å². The summed E-state index contributed by atoms with van der Waals surface area (Å²) < 4.78 is 0. The van der Waals surface area contributed by atoms with Gasteiger partial charge in [-0.1, -0.05) is 33.3 Å². The molecule has 0 unspecified atom stereocenters. The Labute approximate surface area is 184 Å². The molecule has 4 aliphatic carbocycles. The second kappa shape index (κ2) is 8.52. The summed E-state index contributed by atoms with van der Waals surface area (Å²) in [5.74, 6) is 3.55. The number of ketones is 1. The smallest absolute Gasteiger partial charge is 0.155 e. The summed E-state index contributed by atoms with van der Waals surface area (Å²) in [5, 5.41) is 0. The lowest BCUT2D eigenvalue weighted by Gasteiger charge is -2.58. The standard InChI is InChI=1S/C27H44N2O/c1-6-29(7-2)17-16-28-19(3)23-10-11-24-22-9-8-20-18-21(30)12-14-26(20,4)25(22)13-15-27(23,24)5/h18,22-25H,6-17H2,1-5H3/b28-19-/t22-,23+,24-,25-,26-,27+/m0/s1. The van der Waals surface area contributed by atoms with E-state index in [9.17, 15) is 4.79 Å². The molecule has 0 N–H and O–H groups in total. The number of likely N-dealkylation sites (N-methyl/N-ethyl adjacent to an activating group) is 1. The molecule has 3 saturated carbocycles. The van der Waals surface area contributed by atoms with Gasteiger partial charge in [-0.05, 0) is 99.6 Å². The first-order chi connectivity index (χ1) is 14.3. The predicted octanol–water partition coefficient (Wildman–Crippen LogP) is 5.94. The zero-order chi connectivity index (χ0) is 21.5. The quantitative estimate of drug-likeness (QED) is 0.506. The fourth-order valence-corrected chi connectivity index (χ4v) is 8.26. The number of carbonyl (C=O) groups is 1. The summed E-state index contributed by atoms with van der Waals surface area (Å²) in [6, 6.07) is 0. The van der Waals surface area contributed by atoms with Crippen LogP contribution in [0.25, 0.3) is 0 Å². The van der Waals surface area contributed by atoms with Gasteiger partial charge in [0.2, 0.25) is 0 Å². The molecule has 6 atom stereocenters. The minimum absolute atomic E-state index is 0.295. The van der Waals surface area contributed by atoms with Crippen molar-refractivity contribution in [2.45, 2.75) is 86.0 Å². The zero-order valence-corrected chi connectivity index (χ0v) is 20.2. The maximum absolute atomic E-state index is 12.0. The van der Waals surface area contributed by atoms with Crippen LogP contribution < -0.4 is 0 Å². The second-order valence-corrected chi connectivity index (χ2v) is 11.2. The average molecular weight is 413 g/mol.